The van der Waals surface area contributed by atoms with Crippen LogP contribution in [0.4, 0.5) is 0 Å². The molecule has 2 aromatic rings. The standard InChI is InChI=1S/C20H24O3/c1-16(12-17-6-4-3-5-7-17)13-20(22,15-21)14-18-8-10-19(23-2)11-9-18/h3-11,15-16,22H,12-14H2,1-2H3. The molecule has 2 atom stereocenters. The molecule has 0 heterocycles. The minimum absolute atomic E-state index is 0.214. The maximum Gasteiger partial charge on any atom is 0.151 e. The molecule has 122 valence electrons. The molecule has 23 heavy (non-hydrogen) atoms. The van der Waals surface area contributed by atoms with Gasteiger partial charge in [0.2, 0.25) is 0 Å². The number of benzene rings is 2. The molecule has 0 aliphatic carbocycles. The van der Waals surface area contributed by atoms with Crippen LogP contribution >= 0.6 is 0 Å². The fourth-order valence-corrected chi connectivity index (χ4v) is 2.95. The van der Waals surface area contributed by atoms with E-state index in [9.17, 15) is 9.90 Å². The summed E-state index contributed by atoms with van der Waals surface area (Å²) >= 11 is 0. The summed E-state index contributed by atoms with van der Waals surface area (Å²) in [5.41, 5.74) is 0.813. The Hall–Kier alpha value is -2.13. The molecule has 0 amide bonds. The third-order valence-corrected chi connectivity index (χ3v) is 4.02. The highest BCUT2D eigenvalue weighted by Gasteiger charge is 2.29. The topological polar surface area (TPSA) is 46.5 Å². The highest BCUT2D eigenvalue weighted by molar-refractivity contribution is 5.63. The zero-order valence-electron chi connectivity index (χ0n) is 13.7. The van der Waals surface area contributed by atoms with Crippen LogP contribution in [-0.4, -0.2) is 24.1 Å². The van der Waals surface area contributed by atoms with Crippen molar-refractivity contribution >= 4 is 6.29 Å². The van der Waals surface area contributed by atoms with E-state index in [0.717, 1.165) is 17.7 Å². The molecule has 0 spiro atoms. The second kappa shape index (κ2) is 7.93. The molecule has 0 saturated heterocycles. The van der Waals surface area contributed by atoms with Crippen molar-refractivity contribution in [2.24, 2.45) is 5.92 Å². The van der Waals surface area contributed by atoms with Gasteiger partial charge in [0.15, 0.2) is 6.29 Å². The molecule has 0 saturated carbocycles. The molecule has 2 unspecified atom stereocenters. The summed E-state index contributed by atoms with van der Waals surface area (Å²) in [7, 11) is 1.61. The Morgan fingerprint density at radius 1 is 1.09 bits per heavy atom. The number of aldehydes is 1. The van der Waals surface area contributed by atoms with Gasteiger partial charge in [-0.3, -0.25) is 0 Å². The van der Waals surface area contributed by atoms with Crippen LogP contribution in [0.3, 0.4) is 0 Å². The molecule has 1 N–H and O–H groups in total. The zero-order valence-corrected chi connectivity index (χ0v) is 13.7. The Bertz CT molecular complexity index is 607. The van der Waals surface area contributed by atoms with Gasteiger partial charge in [0.25, 0.3) is 0 Å². The van der Waals surface area contributed by atoms with Crippen LogP contribution in [0.1, 0.15) is 24.5 Å². The van der Waals surface area contributed by atoms with Crippen molar-refractivity contribution in [3.63, 3.8) is 0 Å². The van der Waals surface area contributed by atoms with Gasteiger partial charge >= 0.3 is 0 Å². The fourth-order valence-electron chi connectivity index (χ4n) is 2.95. The molecule has 0 aliphatic heterocycles. The van der Waals surface area contributed by atoms with Crippen molar-refractivity contribution < 1.29 is 14.6 Å². The fraction of sp³-hybridized carbons (Fsp3) is 0.350. The van der Waals surface area contributed by atoms with Crippen molar-refractivity contribution in [3.8, 4) is 5.75 Å². The molecule has 2 aromatic carbocycles. The summed E-state index contributed by atoms with van der Waals surface area (Å²) < 4.78 is 5.12. The van der Waals surface area contributed by atoms with Gasteiger partial charge in [0.1, 0.15) is 11.4 Å². The number of ether oxygens (including phenoxy) is 1. The first-order chi connectivity index (χ1) is 11.0. The number of carbonyl (C=O) groups excluding carboxylic acids is 1. The summed E-state index contributed by atoms with van der Waals surface area (Å²) in [5, 5.41) is 10.6. The number of aliphatic hydroxyl groups is 1. The van der Waals surface area contributed by atoms with E-state index < -0.39 is 5.60 Å². The smallest absolute Gasteiger partial charge is 0.151 e. The van der Waals surface area contributed by atoms with Gasteiger partial charge in [0.05, 0.1) is 7.11 Å². The van der Waals surface area contributed by atoms with Gasteiger partial charge in [-0.15, -0.1) is 0 Å². The highest BCUT2D eigenvalue weighted by atomic mass is 16.5. The van der Waals surface area contributed by atoms with Crippen LogP contribution in [0.25, 0.3) is 0 Å². The van der Waals surface area contributed by atoms with Crippen LogP contribution in [0.15, 0.2) is 54.6 Å². The Balaban J connectivity index is 1.99. The van der Waals surface area contributed by atoms with Gasteiger partial charge in [-0.05, 0) is 42.0 Å². The van der Waals surface area contributed by atoms with Gasteiger partial charge in [-0.25, -0.2) is 0 Å². The van der Waals surface area contributed by atoms with Crippen LogP contribution in [-0.2, 0) is 17.6 Å². The average Bonchev–Trinajstić information content (AvgIpc) is 2.56. The van der Waals surface area contributed by atoms with Crippen molar-refractivity contribution in [3.05, 3.63) is 65.7 Å². The van der Waals surface area contributed by atoms with E-state index in [2.05, 4.69) is 19.1 Å². The first-order valence-corrected chi connectivity index (χ1v) is 7.90. The molecule has 3 heteroatoms. The lowest BCUT2D eigenvalue weighted by Gasteiger charge is -2.25. The minimum Gasteiger partial charge on any atom is -0.497 e. The van der Waals surface area contributed by atoms with E-state index in [1.807, 2.05) is 42.5 Å². The lowest BCUT2D eigenvalue weighted by molar-refractivity contribution is -0.125. The maximum absolute atomic E-state index is 11.5. The van der Waals surface area contributed by atoms with Crippen molar-refractivity contribution in [1.82, 2.24) is 0 Å². The van der Waals surface area contributed by atoms with Gasteiger partial charge < -0.3 is 14.6 Å². The lowest BCUT2D eigenvalue weighted by Crippen LogP contribution is -2.35. The summed E-state index contributed by atoms with van der Waals surface area (Å²) in [6, 6.07) is 17.6. The molecule has 0 radical (unpaired) electrons. The molecule has 0 fully saturated rings. The van der Waals surface area contributed by atoms with Crippen LogP contribution in [0.5, 0.6) is 5.75 Å². The Morgan fingerprint density at radius 3 is 2.30 bits per heavy atom. The Kier molecular flexibility index (Phi) is 5.94. The molecule has 3 nitrogen and oxygen atoms in total. The highest BCUT2D eigenvalue weighted by Crippen LogP contribution is 2.24. The van der Waals surface area contributed by atoms with E-state index in [1.54, 1.807) is 7.11 Å². The molecule has 0 aliphatic rings. The van der Waals surface area contributed by atoms with Crippen molar-refractivity contribution in [1.29, 1.82) is 0 Å². The summed E-state index contributed by atoms with van der Waals surface area (Å²) in [6.45, 7) is 2.06. The van der Waals surface area contributed by atoms with Crippen molar-refractivity contribution in [2.75, 3.05) is 7.11 Å². The number of methoxy groups -OCH3 is 1. The molecular weight excluding hydrogens is 288 g/mol. The summed E-state index contributed by atoms with van der Waals surface area (Å²) in [4.78, 5) is 11.5. The van der Waals surface area contributed by atoms with Gasteiger partial charge in [0, 0.05) is 6.42 Å². The third kappa shape index (κ3) is 5.22. The van der Waals surface area contributed by atoms with E-state index in [4.69, 9.17) is 4.74 Å². The average molecular weight is 312 g/mol. The minimum atomic E-state index is -1.33. The van der Waals surface area contributed by atoms with Crippen LogP contribution < -0.4 is 4.74 Å². The van der Waals surface area contributed by atoms with Crippen molar-refractivity contribution in [2.45, 2.75) is 31.8 Å². The van der Waals surface area contributed by atoms with E-state index in [-0.39, 0.29) is 5.92 Å². The summed E-state index contributed by atoms with van der Waals surface area (Å²) in [5.74, 6) is 0.978. The van der Waals surface area contributed by atoms with Gasteiger partial charge in [-0.2, -0.15) is 0 Å². The SMILES string of the molecule is COc1ccc(CC(O)(C=O)CC(C)Cc2ccccc2)cc1. The molecule has 2 rings (SSSR count). The molecule has 0 bridgehead atoms. The normalized spacial score (nSPS) is 14.7. The maximum atomic E-state index is 11.5. The second-order valence-electron chi connectivity index (χ2n) is 6.25. The monoisotopic (exact) mass is 312 g/mol. The zero-order chi connectivity index (χ0) is 16.7. The lowest BCUT2D eigenvalue weighted by atomic mass is 9.84. The molecule has 0 aromatic heterocycles. The Morgan fingerprint density at radius 2 is 1.74 bits per heavy atom. The predicted octanol–water partition coefficient (Wildman–Crippen LogP) is 3.44. The summed E-state index contributed by atoms with van der Waals surface area (Å²) in [6.07, 6.45) is 2.29. The van der Waals surface area contributed by atoms with E-state index >= 15 is 0 Å². The second-order valence-corrected chi connectivity index (χ2v) is 6.25. The third-order valence-electron chi connectivity index (χ3n) is 4.02. The number of hydrogen-bond donors (Lipinski definition) is 1. The van der Waals surface area contributed by atoms with E-state index in [0.29, 0.717) is 19.1 Å². The van der Waals surface area contributed by atoms with Crippen LogP contribution in [0.2, 0.25) is 0 Å². The van der Waals surface area contributed by atoms with Gasteiger partial charge in [-0.1, -0.05) is 49.4 Å². The predicted molar refractivity (Wildman–Crippen MR) is 91.6 cm³/mol. The largest absolute Gasteiger partial charge is 0.497 e. The first-order valence-electron chi connectivity index (χ1n) is 7.90. The van der Waals surface area contributed by atoms with E-state index in [1.165, 1.54) is 5.56 Å². The number of hydrogen-bond acceptors (Lipinski definition) is 3. The first kappa shape index (κ1) is 17.2. The number of carbonyl (C=O) groups is 1. The quantitative estimate of drug-likeness (QED) is 0.760. The number of rotatable bonds is 8. The molecular formula is C20H24O3. The van der Waals surface area contributed by atoms with Crippen LogP contribution in [0, 0.1) is 5.92 Å². The Labute approximate surface area is 137 Å².